The van der Waals surface area contributed by atoms with Gasteiger partial charge in [-0.05, 0) is 50.6 Å². The van der Waals surface area contributed by atoms with Gasteiger partial charge in [0, 0.05) is 18.7 Å². The van der Waals surface area contributed by atoms with Gasteiger partial charge in [-0.15, -0.1) is 0 Å². The SMILES string of the molecule is CCOc1ccc([C@H](C)NC(=O)c2ccc(NC)c([N+](=O)[O-])c2)cc1OCC. The van der Waals surface area contributed by atoms with Gasteiger partial charge in [-0.3, -0.25) is 14.9 Å². The first-order valence-electron chi connectivity index (χ1n) is 9.07. The average Bonchev–Trinajstić information content (AvgIpc) is 2.68. The lowest BCUT2D eigenvalue weighted by Crippen LogP contribution is -2.26. The molecule has 1 atom stereocenters. The molecule has 0 unspecified atom stereocenters. The van der Waals surface area contributed by atoms with Crippen LogP contribution in [0, 0.1) is 10.1 Å². The summed E-state index contributed by atoms with van der Waals surface area (Å²) in [5.41, 5.74) is 1.25. The zero-order valence-corrected chi connectivity index (χ0v) is 16.4. The molecule has 8 nitrogen and oxygen atoms in total. The van der Waals surface area contributed by atoms with Crippen molar-refractivity contribution in [3.05, 3.63) is 57.6 Å². The number of nitrogens with zero attached hydrogens (tertiary/aromatic N) is 1. The smallest absolute Gasteiger partial charge is 0.293 e. The van der Waals surface area contributed by atoms with Crippen LogP contribution in [0.1, 0.15) is 42.7 Å². The monoisotopic (exact) mass is 387 g/mol. The minimum absolute atomic E-state index is 0.150. The highest BCUT2D eigenvalue weighted by atomic mass is 16.6. The lowest BCUT2D eigenvalue weighted by atomic mass is 10.1. The predicted octanol–water partition coefficient (Wildman–Crippen LogP) is 3.92. The Labute approximate surface area is 164 Å². The van der Waals surface area contributed by atoms with Gasteiger partial charge in [-0.1, -0.05) is 6.07 Å². The number of anilines is 1. The Morgan fingerprint density at radius 1 is 1.11 bits per heavy atom. The molecule has 1 amide bonds. The summed E-state index contributed by atoms with van der Waals surface area (Å²) in [5.74, 6) is 0.854. The second-order valence-corrected chi connectivity index (χ2v) is 6.01. The summed E-state index contributed by atoms with van der Waals surface area (Å²) in [6, 6.07) is 9.48. The van der Waals surface area contributed by atoms with Crippen LogP contribution in [0.3, 0.4) is 0 Å². The summed E-state index contributed by atoms with van der Waals surface area (Å²) in [6.07, 6.45) is 0. The summed E-state index contributed by atoms with van der Waals surface area (Å²) < 4.78 is 11.2. The van der Waals surface area contributed by atoms with Crippen LogP contribution in [0.15, 0.2) is 36.4 Å². The fourth-order valence-electron chi connectivity index (χ4n) is 2.74. The second kappa shape index (κ2) is 9.59. The molecule has 0 saturated carbocycles. The zero-order valence-electron chi connectivity index (χ0n) is 16.4. The van der Waals surface area contributed by atoms with E-state index in [1.165, 1.54) is 12.1 Å². The van der Waals surface area contributed by atoms with E-state index in [9.17, 15) is 14.9 Å². The highest BCUT2D eigenvalue weighted by Gasteiger charge is 2.19. The first-order valence-corrected chi connectivity index (χ1v) is 9.07. The van der Waals surface area contributed by atoms with Crippen LogP contribution in [0.25, 0.3) is 0 Å². The average molecular weight is 387 g/mol. The Morgan fingerprint density at radius 3 is 2.39 bits per heavy atom. The number of amides is 1. The molecule has 2 aromatic carbocycles. The molecule has 0 saturated heterocycles. The van der Waals surface area contributed by atoms with Gasteiger partial charge in [0.25, 0.3) is 11.6 Å². The van der Waals surface area contributed by atoms with Crippen LogP contribution in [0.5, 0.6) is 11.5 Å². The molecule has 0 spiro atoms. The van der Waals surface area contributed by atoms with E-state index in [4.69, 9.17) is 9.47 Å². The number of carbonyl (C=O) groups excluding carboxylic acids is 1. The van der Waals surface area contributed by atoms with E-state index < -0.39 is 10.8 Å². The third kappa shape index (κ3) is 4.91. The Balaban J connectivity index is 2.21. The number of carbonyl (C=O) groups is 1. The summed E-state index contributed by atoms with van der Waals surface area (Å²) in [4.78, 5) is 23.2. The molecule has 0 fully saturated rings. The van der Waals surface area contributed by atoms with Crippen LogP contribution in [0.4, 0.5) is 11.4 Å². The highest BCUT2D eigenvalue weighted by Crippen LogP contribution is 2.31. The van der Waals surface area contributed by atoms with Crippen molar-refractivity contribution in [1.29, 1.82) is 0 Å². The van der Waals surface area contributed by atoms with Crippen molar-refractivity contribution >= 4 is 17.3 Å². The predicted molar refractivity (Wildman–Crippen MR) is 107 cm³/mol. The van der Waals surface area contributed by atoms with E-state index in [1.807, 2.05) is 32.9 Å². The largest absolute Gasteiger partial charge is 0.490 e. The minimum atomic E-state index is -0.521. The van der Waals surface area contributed by atoms with Crippen molar-refractivity contribution in [2.45, 2.75) is 26.8 Å². The van der Waals surface area contributed by atoms with E-state index >= 15 is 0 Å². The minimum Gasteiger partial charge on any atom is -0.490 e. The van der Waals surface area contributed by atoms with Gasteiger partial charge >= 0.3 is 0 Å². The van der Waals surface area contributed by atoms with E-state index in [0.29, 0.717) is 30.4 Å². The Kier molecular flexibility index (Phi) is 7.20. The third-order valence-electron chi connectivity index (χ3n) is 4.14. The molecule has 8 heteroatoms. The molecule has 0 aliphatic heterocycles. The number of hydrogen-bond donors (Lipinski definition) is 2. The molecule has 0 aromatic heterocycles. The van der Waals surface area contributed by atoms with Gasteiger partial charge in [-0.25, -0.2) is 0 Å². The van der Waals surface area contributed by atoms with Gasteiger partial charge < -0.3 is 20.1 Å². The highest BCUT2D eigenvalue weighted by molar-refractivity contribution is 5.96. The number of ether oxygens (including phenoxy) is 2. The second-order valence-electron chi connectivity index (χ2n) is 6.01. The molecule has 2 N–H and O–H groups in total. The van der Waals surface area contributed by atoms with Crippen LogP contribution in [-0.4, -0.2) is 31.1 Å². The third-order valence-corrected chi connectivity index (χ3v) is 4.14. The van der Waals surface area contributed by atoms with Gasteiger partial charge in [0.15, 0.2) is 11.5 Å². The fourth-order valence-corrected chi connectivity index (χ4v) is 2.74. The lowest BCUT2D eigenvalue weighted by molar-refractivity contribution is -0.384. The molecule has 2 rings (SSSR count). The topological polar surface area (TPSA) is 103 Å². The maximum Gasteiger partial charge on any atom is 0.293 e. The number of rotatable bonds is 9. The molecule has 2 aromatic rings. The Bertz CT molecular complexity index is 854. The lowest BCUT2D eigenvalue weighted by Gasteiger charge is -2.17. The first kappa shape index (κ1) is 21.0. The zero-order chi connectivity index (χ0) is 20.7. The maximum atomic E-state index is 12.6. The van der Waals surface area contributed by atoms with Crippen LogP contribution in [0.2, 0.25) is 0 Å². The van der Waals surface area contributed by atoms with Crippen molar-refractivity contribution in [1.82, 2.24) is 5.32 Å². The van der Waals surface area contributed by atoms with Gasteiger partial charge in [0.1, 0.15) is 5.69 Å². The standard InChI is InChI=1S/C20H25N3O5/c1-5-27-18-10-8-14(12-19(18)28-6-2)13(3)22-20(24)15-7-9-16(21-4)17(11-15)23(25)26/h7-13,21H,5-6H2,1-4H3,(H,22,24)/t13-/m0/s1. The van der Waals surface area contributed by atoms with Crippen molar-refractivity contribution in [3.63, 3.8) is 0 Å². The van der Waals surface area contributed by atoms with Crippen molar-refractivity contribution in [3.8, 4) is 11.5 Å². The van der Waals surface area contributed by atoms with Gasteiger partial charge in [0.05, 0.1) is 24.2 Å². The van der Waals surface area contributed by atoms with E-state index in [2.05, 4.69) is 10.6 Å². The van der Waals surface area contributed by atoms with Gasteiger partial charge in [0.2, 0.25) is 0 Å². The van der Waals surface area contributed by atoms with E-state index in [0.717, 1.165) is 5.56 Å². The fraction of sp³-hybridized carbons (Fsp3) is 0.350. The van der Waals surface area contributed by atoms with Gasteiger partial charge in [-0.2, -0.15) is 0 Å². The first-order chi connectivity index (χ1) is 13.4. The molecule has 28 heavy (non-hydrogen) atoms. The number of benzene rings is 2. The van der Waals surface area contributed by atoms with E-state index in [1.54, 1.807) is 19.2 Å². The number of hydrogen-bond acceptors (Lipinski definition) is 6. The maximum absolute atomic E-state index is 12.6. The summed E-state index contributed by atoms with van der Waals surface area (Å²) >= 11 is 0. The Hall–Kier alpha value is -3.29. The molecular formula is C20H25N3O5. The number of nitro benzene ring substituents is 1. The normalized spacial score (nSPS) is 11.4. The summed E-state index contributed by atoms with van der Waals surface area (Å²) in [6.45, 7) is 6.62. The molecule has 150 valence electrons. The Morgan fingerprint density at radius 2 is 1.79 bits per heavy atom. The quantitative estimate of drug-likeness (QED) is 0.499. The number of nitrogens with one attached hydrogen (secondary N) is 2. The van der Waals surface area contributed by atoms with Crippen LogP contribution < -0.4 is 20.1 Å². The summed E-state index contributed by atoms with van der Waals surface area (Å²) in [7, 11) is 1.59. The van der Waals surface area contributed by atoms with E-state index in [-0.39, 0.29) is 17.3 Å². The van der Waals surface area contributed by atoms with Crippen molar-refractivity contribution in [2.75, 3.05) is 25.6 Å². The number of nitro groups is 1. The molecular weight excluding hydrogens is 362 g/mol. The van der Waals surface area contributed by atoms with Crippen molar-refractivity contribution in [2.24, 2.45) is 0 Å². The molecule has 0 bridgehead atoms. The van der Waals surface area contributed by atoms with Crippen molar-refractivity contribution < 1.29 is 19.2 Å². The molecule has 0 radical (unpaired) electrons. The molecule has 0 aliphatic carbocycles. The van der Waals surface area contributed by atoms with Crippen LogP contribution >= 0.6 is 0 Å². The molecule has 0 aliphatic rings. The molecule has 0 heterocycles. The summed E-state index contributed by atoms with van der Waals surface area (Å²) in [5, 5.41) is 16.8. The van der Waals surface area contributed by atoms with Crippen LogP contribution in [-0.2, 0) is 0 Å².